The third kappa shape index (κ3) is 2.79. The van der Waals surface area contributed by atoms with Crippen molar-refractivity contribution in [2.75, 3.05) is 0 Å². The molecule has 2 amide bonds. The van der Waals surface area contributed by atoms with Gasteiger partial charge < -0.3 is 11.1 Å². The molecule has 0 radical (unpaired) electrons. The average molecular weight is 270 g/mol. The molecular formula is C16H18N2O2. The van der Waals surface area contributed by atoms with Gasteiger partial charge in [0, 0.05) is 5.56 Å². The van der Waals surface area contributed by atoms with E-state index < -0.39 is 11.9 Å². The van der Waals surface area contributed by atoms with E-state index in [2.05, 4.69) is 5.32 Å². The fraction of sp³-hybridized carbons (Fsp3) is 0.250. The first-order valence-electron chi connectivity index (χ1n) is 6.58. The Morgan fingerprint density at radius 2 is 1.70 bits per heavy atom. The Balaban J connectivity index is 2.34. The number of hydrogen-bond acceptors (Lipinski definition) is 2. The zero-order valence-electron chi connectivity index (χ0n) is 11.6. The van der Waals surface area contributed by atoms with Crippen molar-refractivity contribution in [1.82, 2.24) is 5.32 Å². The molecule has 4 heteroatoms. The number of nitrogens with one attached hydrogen (secondary N) is 1. The highest BCUT2D eigenvalue weighted by atomic mass is 16.2. The SMILES string of the molecule is CC(C)[C@@H](NC(=O)c1cccc2ccccc12)C(N)=O. The van der Waals surface area contributed by atoms with Gasteiger partial charge in [-0.2, -0.15) is 0 Å². The van der Waals surface area contributed by atoms with Crippen molar-refractivity contribution in [2.45, 2.75) is 19.9 Å². The summed E-state index contributed by atoms with van der Waals surface area (Å²) in [6.07, 6.45) is 0. The molecule has 20 heavy (non-hydrogen) atoms. The molecular weight excluding hydrogens is 252 g/mol. The Bertz CT molecular complexity index is 644. The first-order valence-corrected chi connectivity index (χ1v) is 6.58. The largest absolute Gasteiger partial charge is 0.368 e. The summed E-state index contributed by atoms with van der Waals surface area (Å²) in [5, 5.41) is 4.56. The molecule has 2 rings (SSSR count). The van der Waals surface area contributed by atoms with Crippen molar-refractivity contribution in [2.24, 2.45) is 11.7 Å². The summed E-state index contributed by atoms with van der Waals surface area (Å²) in [5.74, 6) is -0.848. The van der Waals surface area contributed by atoms with Crippen LogP contribution in [0.1, 0.15) is 24.2 Å². The number of amides is 2. The van der Waals surface area contributed by atoms with Crippen LogP contribution in [0.15, 0.2) is 42.5 Å². The molecule has 0 spiro atoms. The zero-order valence-corrected chi connectivity index (χ0v) is 11.6. The van der Waals surface area contributed by atoms with Crippen LogP contribution < -0.4 is 11.1 Å². The van der Waals surface area contributed by atoms with E-state index in [0.717, 1.165) is 10.8 Å². The third-order valence-electron chi connectivity index (χ3n) is 3.29. The van der Waals surface area contributed by atoms with Crippen LogP contribution in [-0.4, -0.2) is 17.9 Å². The van der Waals surface area contributed by atoms with Crippen LogP contribution in [-0.2, 0) is 4.79 Å². The quantitative estimate of drug-likeness (QED) is 0.892. The minimum Gasteiger partial charge on any atom is -0.368 e. The lowest BCUT2D eigenvalue weighted by molar-refractivity contribution is -0.120. The van der Waals surface area contributed by atoms with Crippen LogP contribution in [0, 0.1) is 5.92 Å². The Hall–Kier alpha value is -2.36. The Morgan fingerprint density at radius 1 is 1.05 bits per heavy atom. The molecule has 0 aromatic heterocycles. The van der Waals surface area contributed by atoms with Gasteiger partial charge >= 0.3 is 0 Å². The molecule has 3 N–H and O–H groups in total. The number of primary amides is 1. The zero-order chi connectivity index (χ0) is 14.7. The number of benzene rings is 2. The van der Waals surface area contributed by atoms with Gasteiger partial charge in [0.2, 0.25) is 5.91 Å². The van der Waals surface area contributed by atoms with Crippen molar-refractivity contribution in [1.29, 1.82) is 0 Å². The minimum atomic E-state index is -0.665. The van der Waals surface area contributed by atoms with Gasteiger partial charge in [-0.3, -0.25) is 9.59 Å². The van der Waals surface area contributed by atoms with E-state index in [0.29, 0.717) is 5.56 Å². The van der Waals surface area contributed by atoms with Crippen LogP contribution in [0.4, 0.5) is 0 Å². The van der Waals surface area contributed by atoms with Gasteiger partial charge in [-0.25, -0.2) is 0 Å². The molecule has 0 aliphatic rings. The van der Waals surface area contributed by atoms with E-state index >= 15 is 0 Å². The number of carbonyl (C=O) groups is 2. The van der Waals surface area contributed by atoms with E-state index in [1.165, 1.54) is 0 Å². The minimum absolute atomic E-state index is 0.0496. The number of rotatable bonds is 4. The van der Waals surface area contributed by atoms with E-state index in [1.807, 2.05) is 50.2 Å². The van der Waals surface area contributed by atoms with Crippen molar-refractivity contribution >= 4 is 22.6 Å². The molecule has 0 bridgehead atoms. The maximum Gasteiger partial charge on any atom is 0.252 e. The monoisotopic (exact) mass is 270 g/mol. The number of carbonyl (C=O) groups excluding carboxylic acids is 2. The summed E-state index contributed by atoms with van der Waals surface area (Å²) < 4.78 is 0. The lowest BCUT2D eigenvalue weighted by atomic mass is 10.0. The molecule has 104 valence electrons. The molecule has 0 aliphatic heterocycles. The first-order chi connectivity index (χ1) is 9.50. The molecule has 2 aromatic carbocycles. The molecule has 0 saturated heterocycles. The van der Waals surface area contributed by atoms with Crippen molar-refractivity contribution < 1.29 is 9.59 Å². The molecule has 0 aliphatic carbocycles. The van der Waals surface area contributed by atoms with Crippen LogP contribution in [0.3, 0.4) is 0 Å². The maximum absolute atomic E-state index is 12.4. The third-order valence-corrected chi connectivity index (χ3v) is 3.29. The van der Waals surface area contributed by atoms with Gasteiger partial charge in [-0.1, -0.05) is 50.2 Å². The molecule has 0 saturated carbocycles. The second-order valence-corrected chi connectivity index (χ2v) is 5.12. The van der Waals surface area contributed by atoms with Crippen molar-refractivity contribution in [3.05, 3.63) is 48.0 Å². The first kappa shape index (κ1) is 14.1. The number of fused-ring (bicyclic) bond motifs is 1. The van der Waals surface area contributed by atoms with Gasteiger partial charge in [0.05, 0.1) is 0 Å². The van der Waals surface area contributed by atoms with Crippen LogP contribution in [0.2, 0.25) is 0 Å². The Labute approximate surface area is 118 Å². The van der Waals surface area contributed by atoms with Crippen LogP contribution >= 0.6 is 0 Å². The second-order valence-electron chi connectivity index (χ2n) is 5.12. The van der Waals surface area contributed by atoms with Crippen LogP contribution in [0.5, 0.6) is 0 Å². The Morgan fingerprint density at radius 3 is 2.35 bits per heavy atom. The van der Waals surface area contributed by atoms with Gasteiger partial charge in [-0.05, 0) is 22.8 Å². The highest BCUT2D eigenvalue weighted by Gasteiger charge is 2.22. The van der Waals surface area contributed by atoms with E-state index in [4.69, 9.17) is 5.73 Å². The molecule has 2 aromatic rings. The average Bonchev–Trinajstić information content (AvgIpc) is 2.43. The standard InChI is InChI=1S/C16H18N2O2/c1-10(2)14(15(17)19)18-16(20)13-9-5-7-11-6-3-4-8-12(11)13/h3-10,14H,1-2H3,(H2,17,19)(H,18,20)/t14-/m1/s1. The number of hydrogen-bond donors (Lipinski definition) is 2. The normalized spacial score (nSPS) is 12.3. The summed E-state index contributed by atoms with van der Waals surface area (Å²) in [4.78, 5) is 23.7. The fourth-order valence-corrected chi connectivity index (χ4v) is 2.21. The van der Waals surface area contributed by atoms with Crippen LogP contribution in [0.25, 0.3) is 10.8 Å². The summed E-state index contributed by atoms with van der Waals surface area (Å²) in [5.41, 5.74) is 5.87. The molecule has 0 fully saturated rings. The predicted octanol–water partition coefficient (Wildman–Crippen LogP) is 2.08. The highest BCUT2D eigenvalue weighted by molar-refractivity contribution is 6.08. The lowest BCUT2D eigenvalue weighted by Gasteiger charge is -2.19. The molecule has 0 unspecified atom stereocenters. The second kappa shape index (κ2) is 5.74. The predicted molar refractivity (Wildman–Crippen MR) is 79.2 cm³/mol. The van der Waals surface area contributed by atoms with Gasteiger partial charge in [0.25, 0.3) is 5.91 Å². The van der Waals surface area contributed by atoms with Gasteiger partial charge in [-0.15, -0.1) is 0 Å². The molecule has 0 heterocycles. The highest BCUT2D eigenvalue weighted by Crippen LogP contribution is 2.18. The Kier molecular flexibility index (Phi) is 4.03. The molecule has 4 nitrogen and oxygen atoms in total. The fourth-order valence-electron chi connectivity index (χ4n) is 2.21. The van der Waals surface area contributed by atoms with E-state index in [-0.39, 0.29) is 11.8 Å². The van der Waals surface area contributed by atoms with Gasteiger partial charge in [0.1, 0.15) is 6.04 Å². The van der Waals surface area contributed by atoms with E-state index in [9.17, 15) is 9.59 Å². The van der Waals surface area contributed by atoms with Gasteiger partial charge in [0.15, 0.2) is 0 Å². The smallest absolute Gasteiger partial charge is 0.252 e. The van der Waals surface area contributed by atoms with E-state index in [1.54, 1.807) is 6.07 Å². The summed E-state index contributed by atoms with van der Waals surface area (Å²) in [6, 6.07) is 12.5. The summed E-state index contributed by atoms with van der Waals surface area (Å²) in [6.45, 7) is 3.69. The summed E-state index contributed by atoms with van der Waals surface area (Å²) >= 11 is 0. The molecule has 1 atom stereocenters. The topological polar surface area (TPSA) is 72.2 Å². The lowest BCUT2D eigenvalue weighted by Crippen LogP contribution is -2.47. The number of nitrogens with two attached hydrogens (primary N) is 1. The maximum atomic E-state index is 12.4. The van der Waals surface area contributed by atoms with Crippen molar-refractivity contribution in [3.8, 4) is 0 Å². The summed E-state index contributed by atoms with van der Waals surface area (Å²) in [7, 11) is 0. The van der Waals surface area contributed by atoms with Crippen molar-refractivity contribution in [3.63, 3.8) is 0 Å².